The van der Waals surface area contributed by atoms with Gasteiger partial charge in [0.05, 0.1) is 0 Å². The molecule has 0 aliphatic rings. The highest BCUT2D eigenvalue weighted by molar-refractivity contribution is 7.17. The first-order valence-electron chi connectivity index (χ1n) is 7.11. The van der Waals surface area contributed by atoms with Crippen molar-refractivity contribution in [3.05, 3.63) is 40.9 Å². The zero-order chi connectivity index (χ0) is 15.1. The zero-order valence-electron chi connectivity index (χ0n) is 12.3. The Morgan fingerprint density at radius 1 is 1.29 bits per heavy atom. The summed E-state index contributed by atoms with van der Waals surface area (Å²) in [6.45, 7) is 4.90. The van der Waals surface area contributed by atoms with Gasteiger partial charge in [-0.05, 0) is 25.3 Å². The van der Waals surface area contributed by atoms with Crippen LogP contribution in [0.15, 0.2) is 30.3 Å². The van der Waals surface area contributed by atoms with Gasteiger partial charge in [-0.1, -0.05) is 48.6 Å². The number of nitrogens with zero attached hydrogens (tertiary/aromatic N) is 2. The summed E-state index contributed by atoms with van der Waals surface area (Å²) in [6, 6.07) is 10.1. The molecule has 2 rings (SSSR count). The molecular weight excluding hydrogens is 284 g/mol. The molecule has 2 aromatic rings. The van der Waals surface area contributed by atoms with E-state index >= 15 is 0 Å². The molecule has 0 saturated carbocycles. The van der Waals surface area contributed by atoms with E-state index in [1.807, 2.05) is 25.1 Å². The number of hydrogen-bond acceptors (Lipinski definition) is 5. The van der Waals surface area contributed by atoms with Gasteiger partial charge in [-0.15, -0.1) is 10.2 Å². The number of rotatable bonds is 7. The number of carbonyl (C=O) groups is 1. The van der Waals surface area contributed by atoms with Crippen molar-refractivity contribution in [3.8, 4) is 0 Å². The third kappa shape index (κ3) is 4.82. The number of benzene rings is 1. The van der Waals surface area contributed by atoms with E-state index in [0.29, 0.717) is 10.1 Å². The number of anilines is 1. The summed E-state index contributed by atoms with van der Waals surface area (Å²) in [5, 5.41) is 15.1. The lowest BCUT2D eigenvalue weighted by atomic mass is 10.1. The number of amides is 1. The van der Waals surface area contributed by atoms with Crippen molar-refractivity contribution in [3.63, 3.8) is 0 Å². The lowest BCUT2D eigenvalue weighted by Crippen LogP contribution is -2.34. The topological polar surface area (TPSA) is 66.9 Å². The zero-order valence-corrected chi connectivity index (χ0v) is 13.1. The van der Waals surface area contributed by atoms with Gasteiger partial charge in [-0.25, -0.2) is 0 Å². The summed E-state index contributed by atoms with van der Waals surface area (Å²) in [5.41, 5.74) is 1.20. The summed E-state index contributed by atoms with van der Waals surface area (Å²) in [5.74, 6) is -0.166. The molecule has 2 N–H and O–H groups in total. The van der Waals surface area contributed by atoms with Crippen LogP contribution < -0.4 is 10.6 Å². The van der Waals surface area contributed by atoms with Crippen LogP contribution in [0.25, 0.3) is 0 Å². The molecule has 0 fully saturated rings. The molecule has 0 radical (unpaired) electrons. The molecule has 0 bridgehead atoms. The van der Waals surface area contributed by atoms with Crippen molar-refractivity contribution in [2.75, 3.05) is 11.9 Å². The first-order valence-corrected chi connectivity index (χ1v) is 7.93. The molecule has 1 heterocycles. The van der Waals surface area contributed by atoms with Crippen LogP contribution in [0.2, 0.25) is 0 Å². The molecule has 1 amide bonds. The average Bonchev–Trinajstić information content (AvgIpc) is 2.95. The Kier molecular flexibility index (Phi) is 5.68. The Bertz CT molecular complexity index is 570. The van der Waals surface area contributed by atoms with Crippen LogP contribution in [-0.4, -0.2) is 28.7 Å². The van der Waals surface area contributed by atoms with Crippen LogP contribution >= 0.6 is 11.3 Å². The fourth-order valence-corrected chi connectivity index (χ4v) is 2.59. The molecule has 6 heteroatoms. The fraction of sp³-hybridized carbons (Fsp3) is 0.400. The monoisotopic (exact) mass is 304 g/mol. The van der Waals surface area contributed by atoms with Crippen LogP contribution in [0.5, 0.6) is 0 Å². The van der Waals surface area contributed by atoms with E-state index in [1.165, 1.54) is 16.9 Å². The van der Waals surface area contributed by atoms with Crippen LogP contribution in [-0.2, 0) is 6.42 Å². The Balaban J connectivity index is 1.87. The van der Waals surface area contributed by atoms with Gasteiger partial charge in [0.25, 0.3) is 5.91 Å². The molecule has 21 heavy (non-hydrogen) atoms. The number of hydrogen-bond donors (Lipinski definition) is 2. The molecule has 112 valence electrons. The van der Waals surface area contributed by atoms with E-state index in [1.54, 1.807) is 0 Å². The van der Waals surface area contributed by atoms with Gasteiger partial charge < -0.3 is 10.6 Å². The van der Waals surface area contributed by atoms with Crippen molar-refractivity contribution in [2.45, 2.75) is 32.7 Å². The summed E-state index contributed by atoms with van der Waals surface area (Å²) >= 11 is 1.28. The molecular formula is C15H20N4OS. The maximum Gasteiger partial charge on any atom is 0.282 e. The van der Waals surface area contributed by atoms with Gasteiger partial charge in [0.2, 0.25) is 10.1 Å². The molecule has 1 atom stereocenters. The lowest BCUT2D eigenvalue weighted by Gasteiger charge is -2.12. The highest BCUT2D eigenvalue weighted by Crippen LogP contribution is 2.15. The van der Waals surface area contributed by atoms with Crippen molar-refractivity contribution in [1.82, 2.24) is 15.5 Å². The normalized spacial score (nSPS) is 11.9. The Morgan fingerprint density at radius 3 is 2.76 bits per heavy atom. The van der Waals surface area contributed by atoms with E-state index in [2.05, 4.69) is 39.9 Å². The summed E-state index contributed by atoms with van der Waals surface area (Å²) in [6.07, 6.45) is 1.81. The van der Waals surface area contributed by atoms with E-state index in [-0.39, 0.29) is 11.9 Å². The quantitative estimate of drug-likeness (QED) is 0.825. The molecule has 5 nitrogen and oxygen atoms in total. The first-order chi connectivity index (χ1) is 10.2. The minimum atomic E-state index is -0.166. The van der Waals surface area contributed by atoms with Crippen LogP contribution in [0.3, 0.4) is 0 Å². The standard InChI is InChI=1S/C15H20N4OS/c1-3-9-16-15-19-18-14(21-15)13(20)17-11(2)10-12-7-5-4-6-8-12/h4-8,11H,3,9-10H2,1-2H3,(H,16,19)(H,17,20). The summed E-state index contributed by atoms with van der Waals surface area (Å²) in [4.78, 5) is 12.1. The van der Waals surface area contributed by atoms with Crippen molar-refractivity contribution in [1.29, 1.82) is 0 Å². The summed E-state index contributed by atoms with van der Waals surface area (Å²) < 4.78 is 0. The van der Waals surface area contributed by atoms with Crippen LogP contribution in [0.4, 0.5) is 5.13 Å². The predicted octanol–water partition coefficient (Wildman–Crippen LogP) is 2.72. The molecule has 1 unspecified atom stereocenters. The van der Waals surface area contributed by atoms with Gasteiger partial charge in [0, 0.05) is 12.6 Å². The van der Waals surface area contributed by atoms with Gasteiger partial charge in [-0.3, -0.25) is 4.79 Å². The minimum absolute atomic E-state index is 0.0517. The van der Waals surface area contributed by atoms with Crippen molar-refractivity contribution < 1.29 is 4.79 Å². The number of carbonyl (C=O) groups excluding carboxylic acids is 1. The van der Waals surface area contributed by atoms with Gasteiger partial charge >= 0.3 is 0 Å². The SMILES string of the molecule is CCCNc1nnc(C(=O)NC(C)Cc2ccccc2)s1. The van der Waals surface area contributed by atoms with Crippen LogP contribution in [0.1, 0.15) is 35.6 Å². The third-order valence-electron chi connectivity index (χ3n) is 2.91. The van der Waals surface area contributed by atoms with Gasteiger partial charge in [0.1, 0.15) is 0 Å². The molecule has 1 aromatic carbocycles. The second-order valence-corrected chi connectivity index (χ2v) is 5.88. The molecule has 0 saturated heterocycles. The Labute approximate surface area is 128 Å². The Morgan fingerprint density at radius 2 is 2.05 bits per heavy atom. The minimum Gasteiger partial charge on any atom is -0.360 e. The average molecular weight is 304 g/mol. The highest BCUT2D eigenvalue weighted by Gasteiger charge is 2.15. The fourth-order valence-electron chi connectivity index (χ4n) is 1.92. The second kappa shape index (κ2) is 7.73. The van der Waals surface area contributed by atoms with Gasteiger partial charge in [0.15, 0.2) is 0 Å². The maximum atomic E-state index is 12.1. The largest absolute Gasteiger partial charge is 0.360 e. The predicted molar refractivity (Wildman–Crippen MR) is 85.8 cm³/mol. The van der Waals surface area contributed by atoms with E-state index in [4.69, 9.17) is 0 Å². The van der Waals surface area contributed by atoms with Crippen LogP contribution in [0, 0.1) is 0 Å². The Hall–Kier alpha value is -1.95. The molecule has 0 spiro atoms. The number of aromatic nitrogens is 2. The van der Waals surface area contributed by atoms with Crippen molar-refractivity contribution in [2.24, 2.45) is 0 Å². The number of nitrogens with one attached hydrogen (secondary N) is 2. The summed E-state index contributed by atoms with van der Waals surface area (Å²) in [7, 11) is 0. The molecule has 0 aliphatic heterocycles. The second-order valence-electron chi connectivity index (χ2n) is 4.90. The molecule has 1 aromatic heterocycles. The third-order valence-corrected chi connectivity index (χ3v) is 3.79. The van der Waals surface area contributed by atoms with E-state index in [0.717, 1.165) is 19.4 Å². The smallest absolute Gasteiger partial charge is 0.282 e. The first kappa shape index (κ1) is 15.4. The van der Waals surface area contributed by atoms with Crippen molar-refractivity contribution >= 4 is 22.4 Å². The molecule has 0 aliphatic carbocycles. The highest BCUT2D eigenvalue weighted by atomic mass is 32.1. The maximum absolute atomic E-state index is 12.1. The van der Waals surface area contributed by atoms with E-state index in [9.17, 15) is 4.79 Å². The lowest BCUT2D eigenvalue weighted by molar-refractivity contribution is 0.0939. The van der Waals surface area contributed by atoms with Gasteiger partial charge in [-0.2, -0.15) is 0 Å². The van der Waals surface area contributed by atoms with E-state index < -0.39 is 0 Å².